The lowest BCUT2D eigenvalue weighted by molar-refractivity contribution is 0.318. The summed E-state index contributed by atoms with van der Waals surface area (Å²) in [7, 11) is 0. The monoisotopic (exact) mass is 292 g/mol. The molecule has 1 aromatic carbocycles. The Balaban J connectivity index is 1.89. The normalized spacial score (nSPS) is 26.6. The Kier molecular flexibility index (Phi) is 2.74. The van der Waals surface area contributed by atoms with E-state index >= 15 is 0 Å². The van der Waals surface area contributed by atoms with Crippen molar-refractivity contribution in [3.05, 3.63) is 33.8 Å². The number of hydrogen-bond donors (Lipinski definition) is 0. The van der Waals surface area contributed by atoms with Gasteiger partial charge in [-0.05, 0) is 43.4 Å². The van der Waals surface area contributed by atoms with Crippen LogP contribution in [0.5, 0.6) is 0 Å². The molecule has 2 nitrogen and oxygen atoms in total. The Morgan fingerprint density at radius 2 is 2.35 bits per heavy atom. The molecule has 1 aliphatic heterocycles. The third kappa shape index (κ3) is 1.90. The highest BCUT2D eigenvalue weighted by Crippen LogP contribution is 2.37. The first-order valence-corrected chi connectivity index (χ1v) is 7.07. The van der Waals surface area contributed by atoms with Crippen LogP contribution in [0.15, 0.2) is 27.7 Å². The molecule has 1 spiro atoms. The number of nitrogens with zero attached hydrogens (tertiary/aromatic N) is 2. The third-order valence-electron chi connectivity index (χ3n) is 3.97. The van der Waals surface area contributed by atoms with E-state index in [1.807, 2.05) is 6.34 Å². The molecular weight excluding hydrogens is 276 g/mol. The average Bonchev–Trinajstić information content (AvgIpc) is 2.72. The van der Waals surface area contributed by atoms with E-state index in [1.165, 1.54) is 22.0 Å². The molecule has 0 N–H and O–H groups in total. The highest BCUT2D eigenvalue weighted by molar-refractivity contribution is 9.10. The zero-order valence-corrected chi connectivity index (χ0v) is 11.7. The first-order chi connectivity index (χ1) is 8.22. The maximum atomic E-state index is 4.79. The maximum absolute atomic E-state index is 4.79. The highest BCUT2D eigenvalue weighted by atomic mass is 79.9. The summed E-state index contributed by atoms with van der Waals surface area (Å²) in [6.07, 6.45) is 5.46. The predicted molar refractivity (Wildman–Crippen MR) is 74.6 cm³/mol. The lowest BCUT2D eigenvalue weighted by Gasteiger charge is -2.33. The second-order valence-electron chi connectivity index (χ2n) is 5.09. The lowest BCUT2D eigenvalue weighted by Crippen LogP contribution is -2.39. The molecule has 0 bridgehead atoms. The molecule has 1 aromatic rings. The van der Waals surface area contributed by atoms with Crippen LogP contribution < -0.4 is 0 Å². The quantitative estimate of drug-likeness (QED) is 0.777. The minimum absolute atomic E-state index is 0.157. The molecule has 0 saturated heterocycles. The molecule has 0 radical (unpaired) electrons. The van der Waals surface area contributed by atoms with Crippen molar-refractivity contribution in [1.29, 1.82) is 0 Å². The molecule has 1 unspecified atom stereocenters. The van der Waals surface area contributed by atoms with Gasteiger partial charge in [-0.15, -0.1) is 0 Å². The topological polar surface area (TPSA) is 15.6 Å². The van der Waals surface area contributed by atoms with Gasteiger partial charge in [0, 0.05) is 17.6 Å². The first-order valence-electron chi connectivity index (χ1n) is 6.28. The molecule has 3 rings (SSSR count). The standard InChI is InChI=1S/C14H17BrN2/c1-2-17-9-14(16-10-17)7-6-12-11(8-14)4-3-5-13(12)15/h3-5,10H,2,6-9H2,1H3. The summed E-state index contributed by atoms with van der Waals surface area (Å²) >= 11 is 3.66. The van der Waals surface area contributed by atoms with E-state index in [0.717, 1.165) is 25.9 Å². The van der Waals surface area contributed by atoms with Gasteiger partial charge in [0.15, 0.2) is 0 Å². The van der Waals surface area contributed by atoms with Crippen molar-refractivity contribution >= 4 is 22.3 Å². The number of likely N-dealkylation sites (N-methyl/N-ethyl adjacent to an activating group) is 1. The van der Waals surface area contributed by atoms with Crippen LogP contribution in [-0.4, -0.2) is 29.9 Å². The van der Waals surface area contributed by atoms with Gasteiger partial charge >= 0.3 is 0 Å². The van der Waals surface area contributed by atoms with Crippen molar-refractivity contribution < 1.29 is 0 Å². The van der Waals surface area contributed by atoms with Gasteiger partial charge in [-0.25, -0.2) is 0 Å². The summed E-state index contributed by atoms with van der Waals surface area (Å²) in [4.78, 5) is 7.12. The molecule has 3 heteroatoms. The Bertz CT molecular complexity index is 469. The van der Waals surface area contributed by atoms with Crippen molar-refractivity contribution in [3.63, 3.8) is 0 Å². The zero-order chi connectivity index (χ0) is 11.9. The van der Waals surface area contributed by atoms with Gasteiger partial charge in [0.1, 0.15) is 0 Å². The minimum Gasteiger partial charge on any atom is -0.361 e. The molecule has 17 heavy (non-hydrogen) atoms. The van der Waals surface area contributed by atoms with Crippen LogP contribution in [0.1, 0.15) is 24.5 Å². The minimum atomic E-state index is 0.157. The molecule has 0 amide bonds. The third-order valence-corrected chi connectivity index (χ3v) is 4.72. The van der Waals surface area contributed by atoms with Crippen molar-refractivity contribution in [2.45, 2.75) is 31.7 Å². The van der Waals surface area contributed by atoms with Gasteiger partial charge in [-0.1, -0.05) is 28.1 Å². The van der Waals surface area contributed by atoms with Crippen molar-refractivity contribution in [2.24, 2.45) is 4.99 Å². The van der Waals surface area contributed by atoms with E-state index in [4.69, 9.17) is 4.99 Å². The lowest BCUT2D eigenvalue weighted by atomic mass is 9.78. The highest BCUT2D eigenvalue weighted by Gasteiger charge is 2.38. The fourth-order valence-electron chi connectivity index (χ4n) is 2.95. The number of halogens is 1. The van der Waals surface area contributed by atoms with Crippen LogP contribution in [0.2, 0.25) is 0 Å². The zero-order valence-electron chi connectivity index (χ0n) is 10.1. The number of benzene rings is 1. The van der Waals surface area contributed by atoms with E-state index in [0.29, 0.717) is 0 Å². The van der Waals surface area contributed by atoms with Crippen molar-refractivity contribution in [3.8, 4) is 0 Å². The van der Waals surface area contributed by atoms with Crippen LogP contribution >= 0.6 is 15.9 Å². The van der Waals surface area contributed by atoms with Crippen LogP contribution in [-0.2, 0) is 12.8 Å². The van der Waals surface area contributed by atoms with Gasteiger partial charge in [-0.2, -0.15) is 0 Å². The molecule has 0 aromatic heterocycles. The Labute approximate surface area is 111 Å². The van der Waals surface area contributed by atoms with Gasteiger partial charge in [-0.3, -0.25) is 4.99 Å². The summed E-state index contributed by atoms with van der Waals surface area (Å²) in [6, 6.07) is 6.54. The summed E-state index contributed by atoms with van der Waals surface area (Å²) < 4.78 is 1.26. The Morgan fingerprint density at radius 1 is 1.47 bits per heavy atom. The van der Waals surface area contributed by atoms with Gasteiger partial charge in [0.25, 0.3) is 0 Å². The summed E-state index contributed by atoms with van der Waals surface area (Å²) in [5, 5.41) is 0. The second-order valence-corrected chi connectivity index (χ2v) is 5.94. The average molecular weight is 293 g/mol. The van der Waals surface area contributed by atoms with Crippen LogP contribution in [0.3, 0.4) is 0 Å². The number of rotatable bonds is 1. The van der Waals surface area contributed by atoms with E-state index in [1.54, 1.807) is 0 Å². The number of aliphatic imine (C=N–C) groups is 1. The molecule has 0 saturated carbocycles. The summed E-state index contributed by atoms with van der Waals surface area (Å²) in [5.74, 6) is 0. The number of fused-ring (bicyclic) bond motifs is 1. The SMILES string of the molecule is CCN1C=NC2(CCc3c(Br)cccc3C2)C1. The van der Waals surface area contributed by atoms with Crippen LogP contribution in [0, 0.1) is 0 Å². The Morgan fingerprint density at radius 3 is 3.12 bits per heavy atom. The maximum Gasteiger partial charge on any atom is 0.0858 e. The van der Waals surface area contributed by atoms with Gasteiger partial charge in [0.2, 0.25) is 0 Å². The summed E-state index contributed by atoms with van der Waals surface area (Å²) in [5.41, 5.74) is 3.12. The fourth-order valence-corrected chi connectivity index (χ4v) is 3.56. The summed E-state index contributed by atoms with van der Waals surface area (Å²) in [6.45, 7) is 4.35. The van der Waals surface area contributed by atoms with E-state index in [2.05, 4.69) is 46.0 Å². The molecular formula is C14H17BrN2. The van der Waals surface area contributed by atoms with Crippen molar-refractivity contribution in [2.75, 3.05) is 13.1 Å². The molecule has 0 fully saturated rings. The molecule has 90 valence electrons. The van der Waals surface area contributed by atoms with Crippen LogP contribution in [0.25, 0.3) is 0 Å². The predicted octanol–water partition coefficient (Wildman–Crippen LogP) is 3.04. The van der Waals surface area contributed by atoms with Crippen LogP contribution in [0.4, 0.5) is 0 Å². The largest absolute Gasteiger partial charge is 0.361 e. The number of hydrogen-bond acceptors (Lipinski definition) is 2. The fraction of sp³-hybridized carbons (Fsp3) is 0.500. The van der Waals surface area contributed by atoms with Crippen molar-refractivity contribution in [1.82, 2.24) is 4.90 Å². The van der Waals surface area contributed by atoms with E-state index < -0.39 is 0 Å². The van der Waals surface area contributed by atoms with Gasteiger partial charge < -0.3 is 4.90 Å². The second kappa shape index (κ2) is 4.13. The first kappa shape index (κ1) is 11.3. The molecule has 2 aliphatic rings. The van der Waals surface area contributed by atoms with Gasteiger partial charge in [0.05, 0.1) is 11.9 Å². The molecule has 1 aliphatic carbocycles. The Hall–Kier alpha value is -0.830. The van der Waals surface area contributed by atoms with E-state index in [-0.39, 0.29) is 5.54 Å². The molecule has 1 atom stereocenters. The van der Waals surface area contributed by atoms with E-state index in [9.17, 15) is 0 Å². The molecule has 1 heterocycles. The smallest absolute Gasteiger partial charge is 0.0858 e.